The Labute approximate surface area is 145 Å². The van der Waals surface area contributed by atoms with Gasteiger partial charge < -0.3 is 4.74 Å². The molecule has 0 amide bonds. The summed E-state index contributed by atoms with van der Waals surface area (Å²) in [5.41, 5.74) is 2.96. The molecule has 0 aromatic heterocycles. The van der Waals surface area contributed by atoms with Gasteiger partial charge in [-0.3, -0.25) is 0 Å². The smallest absolute Gasteiger partial charge is 0.338 e. The maximum Gasteiger partial charge on any atom is 0.338 e. The van der Waals surface area contributed by atoms with E-state index in [1.54, 1.807) is 0 Å². The van der Waals surface area contributed by atoms with Gasteiger partial charge in [0.25, 0.3) is 0 Å². The maximum atomic E-state index is 12.4. The highest BCUT2D eigenvalue weighted by atomic mass is 16.5. The van der Waals surface area contributed by atoms with Crippen molar-refractivity contribution >= 4 is 5.97 Å². The van der Waals surface area contributed by atoms with Gasteiger partial charge in [0.05, 0.1) is 5.56 Å². The minimum atomic E-state index is -0.247. The topological polar surface area (TPSA) is 26.3 Å². The third kappa shape index (κ3) is 5.52. The molecule has 0 heterocycles. The van der Waals surface area contributed by atoms with Gasteiger partial charge in [-0.1, -0.05) is 75.6 Å². The summed E-state index contributed by atoms with van der Waals surface area (Å²) >= 11 is 0. The lowest BCUT2D eigenvalue weighted by Gasteiger charge is -2.16. The Morgan fingerprint density at radius 2 is 1.62 bits per heavy atom. The maximum absolute atomic E-state index is 12.4. The lowest BCUT2D eigenvalue weighted by atomic mass is 10.0. The van der Waals surface area contributed by atoms with E-state index >= 15 is 0 Å². The molecule has 0 fully saturated rings. The Kier molecular flexibility index (Phi) is 7.54. The predicted octanol–water partition coefficient (Wildman–Crippen LogP) is 6.12. The van der Waals surface area contributed by atoms with Gasteiger partial charge in [-0.05, 0) is 42.5 Å². The first kappa shape index (κ1) is 18.3. The molecule has 0 saturated heterocycles. The molecule has 2 aromatic rings. The van der Waals surface area contributed by atoms with Crippen molar-refractivity contribution < 1.29 is 9.53 Å². The molecule has 0 aliphatic heterocycles. The van der Waals surface area contributed by atoms with E-state index in [-0.39, 0.29) is 12.1 Å². The molecule has 2 rings (SSSR count). The van der Waals surface area contributed by atoms with Crippen molar-refractivity contribution in [3.05, 3.63) is 71.3 Å². The van der Waals surface area contributed by atoms with Gasteiger partial charge in [-0.15, -0.1) is 0 Å². The number of benzene rings is 2. The van der Waals surface area contributed by atoms with Crippen molar-refractivity contribution in [2.75, 3.05) is 0 Å². The molecule has 2 heteroatoms. The number of hydrogen-bond acceptors (Lipinski definition) is 2. The Morgan fingerprint density at radius 3 is 2.25 bits per heavy atom. The summed E-state index contributed by atoms with van der Waals surface area (Å²) in [4.78, 5) is 12.4. The molecule has 0 spiro atoms. The highest BCUT2D eigenvalue weighted by molar-refractivity contribution is 5.89. The van der Waals surface area contributed by atoms with Crippen LogP contribution in [0, 0.1) is 0 Å². The summed E-state index contributed by atoms with van der Waals surface area (Å²) in [5, 5.41) is 0. The van der Waals surface area contributed by atoms with E-state index in [1.165, 1.54) is 31.2 Å². The Balaban J connectivity index is 1.92. The van der Waals surface area contributed by atoms with Crippen LogP contribution in [0.2, 0.25) is 0 Å². The molecule has 0 N–H and O–H groups in total. The second kappa shape index (κ2) is 9.92. The van der Waals surface area contributed by atoms with Crippen LogP contribution in [0.5, 0.6) is 0 Å². The van der Waals surface area contributed by atoms with Crippen molar-refractivity contribution in [3.8, 4) is 0 Å². The lowest BCUT2D eigenvalue weighted by molar-refractivity contribution is 0.0288. The molecule has 1 atom stereocenters. The number of hydrogen-bond donors (Lipinski definition) is 0. The number of ether oxygens (including phenoxy) is 1. The van der Waals surface area contributed by atoms with E-state index in [2.05, 4.69) is 6.92 Å². The van der Waals surface area contributed by atoms with Gasteiger partial charge in [0, 0.05) is 0 Å². The van der Waals surface area contributed by atoms with Crippen LogP contribution in [0.3, 0.4) is 0 Å². The van der Waals surface area contributed by atoms with Gasteiger partial charge in [0.1, 0.15) is 6.10 Å². The molecule has 2 aromatic carbocycles. The molecule has 2 nitrogen and oxygen atoms in total. The molecule has 128 valence electrons. The van der Waals surface area contributed by atoms with Crippen LogP contribution in [0.4, 0.5) is 0 Å². The molecule has 0 radical (unpaired) electrons. The minimum Gasteiger partial charge on any atom is -0.454 e. The van der Waals surface area contributed by atoms with E-state index in [9.17, 15) is 4.79 Å². The summed E-state index contributed by atoms with van der Waals surface area (Å²) in [5.74, 6) is -0.247. The van der Waals surface area contributed by atoms with Gasteiger partial charge in [-0.25, -0.2) is 4.79 Å². The fourth-order valence-electron chi connectivity index (χ4n) is 2.82. The zero-order chi connectivity index (χ0) is 17.2. The molecular formula is C22H28O2. The van der Waals surface area contributed by atoms with Gasteiger partial charge in [0.2, 0.25) is 0 Å². The second-order valence-corrected chi connectivity index (χ2v) is 6.22. The zero-order valence-electron chi connectivity index (χ0n) is 14.8. The number of carbonyl (C=O) groups excluding carboxylic acids is 1. The summed E-state index contributed by atoms with van der Waals surface area (Å²) < 4.78 is 5.69. The van der Waals surface area contributed by atoms with Crippen LogP contribution >= 0.6 is 0 Å². The molecule has 1 unspecified atom stereocenters. The first-order chi connectivity index (χ1) is 11.7. The summed E-state index contributed by atoms with van der Waals surface area (Å²) in [7, 11) is 0. The van der Waals surface area contributed by atoms with Gasteiger partial charge in [0.15, 0.2) is 0 Å². The molecular weight excluding hydrogens is 296 g/mol. The molecule has 0 saturated carbocycles. The molecule has 24 heavy (non-hydrogen) atoms. The number of rotatable bonds is 9. The van der Waals surface area contributed by atoms with Crippen LogP contribution in [0.1, 0.15) is 73.5 Å². The van der Waals surface area contributed by atoms with Crippen molar-refractivity contribution in [2.45, 2.75) is 58.5 Å². The van der Waals surface area contributed by atoms with E-state index < -0.39 is 0 Å². The molecule has 0 aliphatic carbocycles. The fourth-order valence-corrected chi connectivity index (χ4v) is 2.82. The summed E-state index contributed by atoms with van der Waals surface area (Å²) in [6, 6.07) is 17.8. The third-order valence-electron chi connectivity index (χ3n) is 4.30. The number of esters is 1. The lowest BCUT2D eigenvalue weighted by Crippen LogP contribution is -2.11. The first-order valence-corrected chi connectivity index (χ1v) is 9.09. The number of unbranched alkanes of at least 4 members (excludes halogenated alkanes) is 3. The average Bonchev–Trinajstić information content (AvgIpc) is 2.64. The van der Waals surface area contributed by atoms with E-state index in [4.69, 9.17) is 4.74 Å². The average molecular weight is 324 g/mol. The van der Waals surface area contributed by atoms with Crippen LogP contribution in [0.15, 0.2) is 54.6 Å². The number of carbonyl (C=O) groups is 1. The SMILES string of the molecule is CCCCCCc1ccc(C(=O)OC(CC)c2ccccc2)cc1. The minimum absolute atomic E-state index is 0.188. The summed E-state index contributed by atoms with van der Waals surface area (Å²) in [6.45, 7) is 4.25. The second-order valence-electron chi connectivity index (χ2n) is 6.22. The fraction of sp³-hybridized carbons (Fsp3) is 0.409. The number of aryl methyl sites for hydroxylation is 1. The van der Waals surface area contributed by atoms with E-state index in [1.807, 2.05) is 61.5 Å². The van der Waals surface area contributed by atoms with Crippen molar-refractivity contribution in [2.24, 2.45) is 0 Å². The first-order valence-electron chi connectivity index (χ1n) is 9.09. The van der Waals surface area contributed by atoms with E-state index in [0.29, 0.717) is 5.56 Å². The third-order valence-corrected chi connectivity index (χ3v) is 4.30. The Bertz CT molecular complexity index is 602. The Morgan fingerprint density at radius 1 is 0.917 bits per heavy atom. The molecule has 0 aliphatic rings. The quantitative estimate of drug-likeness (QED) is 0.410. The molecule has 0 bridgehead atoms. The largest absolute Gasteiger partial charge is 0.454 e. The van der Waals surface area contributed by atoms with Gasteiger partial charge >= 0.3 is 5.97 Å². The van der Waals surface area contributed by atoms with Crippen LogP contribution in [-0.4, -0.2) is 5.97 Å². The standard InChI is InChI=1S/C22H28O2/c1-3-5-6-8-11-18-14-16-20(17-15-18)22(23)24-21(4-2)19-12-9-7-10-13-19/h7,9-10,12-17,21H,3-6,8,11H2,1-2H3. The van der Waals surface area contributed by atoms with Crippen molar-refractivity contribution in [1.29, 1.82) is 0 Å². The zero-order valence-corrected chi connectivity index (χ0v) is 14.8. The van der Waals surface area contributed by atoms with E-state index in [0.717, 1.165) is 18.4 Å². The van der Waals surface area contributed by atoms with Crippen LogP contribution < -0.4 is 0 Å². The predicted molar refractivity (Wildman–Crippen MR) is 99.2 cm³/mol. The Hall–Kier alpha value is -2.09. The monoisotopic (exact) mass is 324 g/mol. The van der Waals surface area contributed by atoms with Crippen molar-refractivity contribution in [1.82, 2.24) is 0 Å². The van der Waals surface area contributed by atoms with Gasteiger partial charge in [-0.2, -0.15) is 0 Å². The van der Waals surface area contributed by atoms with Crippen LogP contribution in [0.25, 0.3) is 0 Å². The highest BCUT2D eigenvalue weighted by Crippen LogP contribution is 2.22. The highest BCUT2D eigenvalue weighted by Gasteiger charge is 2.16. The summed E-state index contributed by atoms with van der Waals surface area (Å²) in [6.07, 6.45) is 6.70. The van der Waals surface area contributed by atoms with Crippen LogP contribution in [-0.2, 0) is 11.2 Å². The normalized spacial score (nSPS) is 11.9. The van der Waals surface area contributed by atoms with Crippen molar-refractivity contribution in [3.63, 3.8) is 0 Å².